The van der Waals surface area contributed by atoms with Crippen LogP contribution >= 0.6 is 12.2 Å². The van der Waals surface area contributed by atoms with Crippen molar-refractivity contribution in [2.75, 3.05) is 0 Å². The number of hydrogen-bond donors (Lipinski definition) is 0. The average molecular weight is 356 g/mol. The van der Waals surface area contributed by atoms with Crippen molar-refractivity contribution in [3.63, 3.8) is 0 Å². The zero-order valence-electron chi connectivity index (χ0n) is 15.6. The summed E-state index contributed by atoms with van der Waals surface area (Å²) in [6, 6.07) is 8.45. The summed E-state index contributed by atoms with van der Waals surface area (Å²) in [6.45, 7) is 3.79. The van der Waals surface area contributed by atoms with Crippen LogP contribution in [0.2, 0.25) is 0 Å². The minimum Gasteiger partial charge on any atom is -0.195 e. The Morgan fingerprint density at radius 3 is 2.24 bits per heavy atom. The molecule has 0 atom stereocenters. The molecule has 0 N–H and O–H groups in total. The maximum Gasteiger partial charge on any atom is 0.0739 e. The first-order chi connectivity index (χ1) is 12.3. The Hall–Kier alpha value is -1.24. The lowest BCUT2D eigenvalue weighted by Crippen LogP contribution is -2.15. The Balaban J connectivity index is 1.57. The Labute approximate surface area is 159 Å². The smallest absolute Gasteiger partial charge is 0.0739 e. The summed E-state index contributed by atoms with van der Waals surface area (Å²) < 4.78 is 0. The van der Waals surface area contributed by atoms with Gasteiger partial charge < -0.3 is 0 Å². The van der Waals surface area contributed by atoms with Crippen molar-refractivity contribution < 1.29 is 0 Å². The number of allylic oxidation sites excluding steroid dienone is 1. The highest BCUT2D eigenvalue weighted by molar-refractivity contribution is 7.78. The van der Waals surface area contributed by atoms with Crippen LogP contribution in [0.25, 0.3) is 0 Å². The van der Waals surface area contributed by atoms with E-state index >= 15 is 0 Å². The number of isothiocyanates is 1. The van der Waals surface area contributed by atoms with E-state index in [1.165, 1.54) is 82.6 Å². The van der Waals surface area contributed by atoms with E-state index in [-0.39, 0.29) is 0 Å². The second-order valence-corrected chi connectivity index (χ2v) is 7.76. The highest BCUT2D eigenvalue weighted by Crippen LogP contribution is 2.34. The molecule has 1 aliphatic rings. The number of rotatable bonds is 11. The summed E-state index contributed by atoms with van der Waals surface area (Å²) in [6.07, 6.45) is 18.6. The third-order valence-electron chi connectivity index (χ3n) is 5.69. The maximum absolute atomic E-state index is 4.64. The van der Waals surface area contributed by atoms with Gasteiger partial charge >= 0.3 is 0 Å². The van der Waals surface area contributed by atoms with E-state index < -0.39 is 0 Å². The van der Waals surface area contributed by atoms with Crippen LogP contribution < -0.4 is 0 Å². The Morgan fingerprint density at radius 2 is 1.60 bits per heavy atom. The van der Waals surface area contributed by atoms with Gasteiger partial charge in [-0.25, -0.2) is 0 Å². The van der Waals surface area contributed by atoms with Crippen LogP contribution in [0.5, 0.6) is 0 Å². The zero-order valence-corrected chi connectivity index (χ0v) is 16.4. The van der Waals surface area contributed by atoms with Gasteiger partial charge in [-0.05, 0) is 67.4 Å². The molecule has 1 aromatic rings. The van der Waals surface area contributed by atoms with Gasteiger partial charge in [0.15, 0.2) is 0 Å². The standard InChI is InChI=1S/C23H33NS/c1-2-3-4-5-6-7-8-20-9-11-21(12-10-20)13-14-22-15-17-23(18-16-22)24-19-25/h2,15-18,20-21H,1,3-14H2. The van der Waals surface area contributed by atoms with Crippen molar-refractivity contribution in [3.8, 4) is 0 Å². The Bertz CT molecular complexity index is 534. The molecule has 1 nitrogen and oxygen atoms in total. The minimum absolute atomic E-state index is 0.906. The normalized spacial score (nSPS) is 20.0. The Kier molecular flexibility index (Phi) is 9.77. The van der Waals surface area contributed by atoms with Gasteiger partial charge in [0.2, 0.25) is 0 Å². The van der Waals surface area contributed by atoms with Gasteiger partial charge in [0, 0.05) is 0 Å². The number of aliphatic imine (C=N–C) groups is 1. The lowest BCUT2D eigenvalue weighted by atomic mass is 9.77. The molecular weight excluding hydrogens is 322 g/mol. The van der Waals surface area contributed by atoms with Crippen molar-refractivity contribution in [2.24, 2.45) is 16.8 Å². The molecule has 0 bridgehead atoms. The third kappa shape index (κ3) is 8.12. The second-order valence-electron chi connectivity index (χ2n) is 7.58. The number of unbranched alkanes of at least 4 members (excludes halogenated alkanes) is 4. The van der Waals surface area contributed by atoms with E-state index in [1.54, 1.807) is 0 Å². The molecule has 0 aromatic heterocycles. The molecule has 2 heteroatoms. The van der Waals surface area contributed by atoms with Crippen molar-refractivity contribution >= 4 is 23.1 Å². The molecule has 0 saturated heterocycles. The van der Waals surface area contributed by atoms with E-state index in [9.17, 15) is 0 Å². The fraction of sp³-hybridized carbons (Fsp3) is 0.609. The monoisotopic (exact) mass is 355 g/mol. The summed E-state index contributed by atoms with van der Waals surface area (Å²) in [7, 11) is 0. The van der Waals surface area contributed by atoms with Crippen LogP contribution in [0, 0.1) is 11.8 Å². The predicted molar refractivity (Wildman–Crippen MR) is 113 cm³/mol. The molecular formula is C23H33NS. The molecule has 136 valence electrons. The third-order valence-corrected chi connectivity index (χ3v) is 5.78. The van der Waals surface area contributed by atoms with Gasteiger partial charge in [-0.15, -0.1) is 6.58 Å². The molecule has 0 aliphatic heterocycles. The molecule has 2 rings (SSSR count). The summed E-state index contributed by atoms with van der Waals surface area (Å²) in [4.78, 5) is 4.01. The van der Waals surface area contributed by atoms with Gasteiger partial charge in [0.05, 0.1) is 10.8 Å². The fourth-order valence-electron chi connectivity index (χ4n) is 4.04. The molecule has 25 heavy (non-hydrogen) atoms. The summed E-state index contributed by atoms with van der Waals surface area (Å²) in [5.41, 5.74) is 2.33. The average Bonchev–Trinajstić information content (AvgIpc) is 2.65. The Morgan fingerprint density at radius 1 is 0.960 bits per heavy atom. The van der Waals surface area contributed by atoms with Gasteiger partial charge in [-0.1, -0.05) is 69.6 Å². The highest BCUT2D eigenvalue weighted by Gasteiger charge is 2.20. The van der Waals surface area contributed by atoms with Crippen molar-refractivity contribution in [3.05, 3.63) is 42.5 Å². The van der Waals surface area contributed by atoms with Crippen molar-refractivity contribution in [2.45, 2.75) is 77.0 Å². The van der Waals surface area contributed by atoms with Crippen molar-refractivity contribution in [1.29, 1.82) is 0 Å². The predicted octanol–water partition coefficient (Wildman–Crippen LogP) is 7.69. The SMILES string of the molecule is C=CCCCCCCC1CCC(CCc2ccc(N=C=S)cc2)CC1. The molecule has 0 heterocycles. The number of benzene rings is 1. The topological polar surface area (TPSA) is 12.4 Å². The van der Waals surface area contributed by atoms with Crippen LogP contribution in [0.15, 0.2) is 41.9 Å². The van der Waals surface area contributed by atoms with Crippen LogP contribution in [0.4, 0.5) is 5.69 Å². The quantitative estimate of drug-likeness (QED) is 0.171. The van der Waals surface area contributed by atoms with Gasteiger partial charge in [0.25, 0.3) is 0 Å². The minimum atomic E-state index is 0.906. The first-order valence-corrected chi connectivity index (χ1v) is 10.5. The molecule has 0 radical (unpaired) electrons. The van der Waals surface area contributed by atoms with E-state index in [2.05, 4.69) is 41.1 Å². The number of aryl methyl sites for hydroxylation is 1. The second kappa shape index (κ2) is 12.2. The van der Waals surface area contributed by atoms with Gasteiger partial charge in [-0.2, -0.15) is 4.99 Å². The van der Waals surface area contributed by atoms with E-state index in [0.29, 0.717) is 0 Å². The highest BCUT2D eigenvalue weighted by atomic mass is 32.1. The molecule has 1 saturated carbocycles. The van der Waals surface area contributed by atoms with Crippen LogP contribution in [-0.2, 0) is 6.42 Å². The largest absolute Gasteiger partial charge is 0.195 e. The van der Waals surface area contributed by atoms with Crippen LogP contribution in [0.3, 0.4) is 0 Å². The van der Waals surface area contributed by atoms with Crippen LogP contribution in [0.1, 0.15) is 76.2 Å². The molecule has 1 aromatic carbocycles. The van der Waals surface area contributed by atoms with Crippen LogP contribution in [-0.4, -0.2) is 5.16 Å². The van der Waals surface area contributed by atoms with Crippen molar-refractivity contribution in [1.82, 2.24) is 0 Å². The molecule has 0 spiro atoms. The summed E-state index contributed by atoms with van der Waals surface area (Å²) >= 11 is 4.64. The summed E-state index contributed by atoms with van der Waals surface area (Å²) in [5.74, 6) is 1.94. The fourth-order valence-corrected chi connectivity index (χ4v) is 4.15. The van der Waals surface area contributed by atoms with E-state index in [0.717, 1.165) is 17.5 Å². The zero-order chi connectivity index (χ0) is 17.7. The number of thiocarbonyl (C=S) groups is 1. The maximum atomic E-state index is 4.64. The first kappa shape index (κ1) is 20.1. The number of hydrogen-bond acceptors (Lipinski definition) is 2. The van der Waals surface area contributed by atoms with E-state index in [4.69, 9.17) is 0 Å². The van der Waals surface area contributed by atoms with Gasteiger partial charge in [-0.3, -0.25) is 0 Å². The molecule has 0 unspecified atom stereocenters. The van der Waals surface area contributed by atoms with E-state index in [1.807, 2.05) is 18.2 Å². The molecule has 0 amide bonds. The number of nitrogens with zero attached hydrogens (tertiary/aromatic N) is 1. The summed E-state index contributed by atoms with van der Waals surface area (Å²) in [5, 5.41) is 2.42. The van der Waals surface area contributed by atoms with Gasteiger partial charge in [0.1, 0.15) is 0 Å². The lowest BCUT2D eigenvalue weighted by molar-refractivity contribution is 0.249. The first-order valence-electron chi connectivity index (χ1n) is 10.1. The lowest BCUT2D eigenvalue weighted by Gasteiger charge is -2.28. The molecule has 1 aliphatic carbocycles. The molecule has 1 fully saturated rings.